The van der Waals surface area contributed by atoms with Crippen molar-refractivity contribution in [3.63, 3.8) is 0 Å². The third-order valence-corrected chi connectivity index (χ3v) is 6.37. The number of carbonyl (C=O) groups excluding carboxylic acids is 1. The summed E-state index contributed by atoms with van der Waals surface area (Å²) < 4.78 is 6.55. The number of nitrogens with zero attached hydrogens (tertiary/aromatic N) is 3. The van der Waals surface area contributed by atoms with Crippen molar-refractivity contribution in [3.8, 4) is 5.75 Å². The molecule has 30 heavy (non-hydrogen) atoms. The lowest BCUT2D eigenvalue weighted by atomic mass is 10.2. The quantitative estimate of drug-likeness (QED) is 0.454. The SMILES string of the molecule is CCN(CC)CCN(C(=O)/C=C/c1ccccc1)c1nc2c(OC)ccc(C)c2s1. The van der Waals surface area contributed by atoms with Gasteiger partial charge in [0.1, 0.15) is 11.3 Å². The molecule has 0 aliphatic heterocycles. The predicted octanol–water partition coefficient (Wildman–Crippen LogP) is 5.00. The van der Waals surface area contributed by atoms with Gasteiger partial charge in [-0.05, 0) is 43.3 Å². The lowest BCUT2D eigenvalue weighted by Crippen LogP contribution is -2.38. The Morgan fingerprint density at radius 2 is 1.83 bits per heavy atom. The van der Waals surface area contributed by atoms with Gasteiger partial charge < -0.3 is 9.64 Å². The molecule has 158 valence electrons. The molecule has 2 aromatic carbocycles. The van der Waals surface area contributed by atoms with Gasteiger partial charge in [-0.1, -0.05) is 61.6 Å². The first-order chi connectivity index (χ1) is 14.6. The van der Waals surface area contributed by atoms with E-state index >= 15 is 0 Å². The average Bonchev–Trinajstić information content (AvgIpc) is 3.22. The largest absolute Gasteiger partial charge is 0.494 e. The van der Waals surface area contributed by atoms with Gasteiger partial charge in [0.15, 0.2) is 5.13 Å². The van der Waals surface area contributed by atoms with Crippen molar-refractivity contribution in [2.45, 2.75) is 20.8 Å². The second-order valence-corrected chi connectivity index (χ2v) is 8.00. The van der Waals surface area contributed by atoms with Crippen molar-refractivity contribution in [3.05, 3.63) is 59.7 Å². The van der Waals surface area contributed by atoms with E-state index in [2.05, 4.69) is 25.7 Å². The Bertz CT molecular complexity index is 1010. The number of carbonyl (C=O) groups is 1. The van der Waals surface area contributed by atoms with Crippen molar-refractivity contribution in [2.75, 3.05) is 38.2 Å². The third kappa shape index (κ3) is 5.07. The van der Waals surface area contributed by atoms with Gasteiger partial charge in [0.25, 0.3) is 5.91 Å². The van der Waals surface area contributed by atoms with Gasteiger partial charge in [-0.25, -0.2) is 4.98 Å². The Kier molecular flexibility index (Phi) is 7.60. The number of anilines is 1. The van der Waals surface area contributed by atoms with E-state index in [4.69, 9.17) is 9.72 Å². The zero-order chi connectivity index (χ0) is 21.5. The zero-order valence-electron chi connectivity index (χ0n) is 18.1. The standard InChI is InChI=1S/C24H29N3O2S/c1-5-26(6-2)16-17-27(21(28)15-13-19-10-8-7-9-11-19)24-25-22-20(29-4)14-12-18(3)23(22)30-24/h7-15H,5-6,16-17H2,1-4H3/b15-13+. The lowest BCUT2D eigenvalue weighted by Gasteiger charge is -2.23. The molecule has 0 N–H and O–H groups in total. The molecule has 5 nitrogen and oxygen atoms in total. The van der Waals surface area contributed by atoms with Crippen molar-refractivity contribution in [1.82, 2.24) is 9.88 Å². The molecule has 3 aromatic rings. The van der Waals surface area contributed by atoms with Crippen molar-refractivity contribution < 1.29 is 9.53 Å². The van der Waals surface area contributed by atoms with Gasteiger partial charge in [-0.2, -0.15) is 0 Å². The fourth-order valence-corrected chi connectivity index (χ4v) is 4.36. The molecule has 0 aliphatic rings. The molecule has 0 saturated carbocycles. The molecule has 6 heteroatoms. The summed E-state index contributed by atoms with van der Waals surface area (Å²) in [5.74, 6) is 0.663. The number of aromatic nitrogens is 1. The maximum atomic E-state index is 13.2. The number of amides is 1. The predicted molar refractivity (Wildman–Crippen MR) is 127 cm³/mol. The normalized spacial score (nSPS) is 11.5. The second kappa shape index (κ2) is 10.4. The highest BCUT2D eigenvalue weighted by Gasteiger charge is 2.20. The number of rotatable bonds is 9. The number of likely N-dealkylation sites (N-methyl/N-ethyl adjacent to an activating group) is 1. The molecule has 0 radical (unpaired) electrons. The monoisotopic (exact) mass is 423 g/mol. The summed E-state index contributed by atoms with van der Waals surface area (Å²) >= 11 is 1.54. The second-order valence-electron chi connectivity index (χ2n) is 7.02. The summed E-state index contributed by atoms with van der Waals surface area (Å²) in [6.07, 6.45) is 3.49. The summed E-state index contributed by atoms with van der Waals surface area (Å²) in [5, 5.41) is 0.701. The van der Waals surface area contributed by atoms with Crippen LogP contribution in [0.5, 0.6) is 5.75 Å². The molecule has 0 atom stereocenters. The summed E-state index contributed by atoms with van der Waals surface area (Å²) in [4.78, 5) is 22.1. The number of benzene rings is 2. The Morgan fingerprint density at radius 3 is 2.50 bits per heavy atom. The smallest absolute Gasteiger partial charge is 0.252 e. The van der Waals surface area contributed by atoms with E-state index in [1.54, 1.807) is 18.1 Å². The first kappa shape index (κ1) is 22.0. The van der Waals surface area contributed by atoms with E-state index in [0.717, 1.165) is 46.7 Å². The summed E-state index contributed by atoms with van der Waals surface area (Å²) in [7, 11) is 1.65. The zero-order valence-corrected chi connectivity index (χ0v) is 18.9. The van der Waals surface area contributed by atoms with Gasteiger partial charge in [0.05, 0.1) is 11.8 Å². The molecule has 0 aliphatic carbocycles. The van der Waals surface area contributed by atoms with Crippen LogP contribution in [0.25, 0.3) is 16.3 Å². The molecule has 0 fully saturated rings. The molecule has 0 spiro atoms. The highest BCUT2D eigenvalue weighted by Crippen LogP contribution is 2.36. The topological polar surface area (TPSA) is 45.7 Å². The fraction of sp³-hybridized carbons (Fsp3) is 0.333. The van der Waals surface area contributed by atoms with Gasteiger partial charge >= 0.3 is 0 Å². The number of thiazole rings is 1. The molecule has 1 aromatic heterocycles. The van der Waals surface area contributed by atoms with Crippen LogP contribution in [0.3, 0.4) is 0 Å². The molecular weight excluding hydrogens is 394 g/mol. The van der Waals surface area contributed by atoms with E-state index in [9.17, 15) is 4.79 Å². The molecule has 1 amide bonds. The van der Waals surface area contributed by atoms with E-state index in [0.29, 0.717) is 11.7 Å². The van der Waals surface area contributed by atoms with E-state index in [1.807, 2.05) is 48.5 Å². The van der Waals surface area contributed by atoms with Crippen LogP contribution in [0, 0.1) is 6.92 Å². The summed E-state index contributed by atoms with van der Waals surface area (Å²) in [6, 6.07) is 13.8. The first-order valence-electron chi connectivity index (χ1n) is 10.3. The van der Waals surface area contributed by atoms with Crippen LogP contribution in [0.2, 0.25) is 0 Å². The van der Waals surface area contributed by atoms with Crippen molar-refractivity contribution in [2.24, 2.45) is 0 Å². The van der Waals surface area contributed by atoms with Gasteiger partial charge in [0, 0.05) is 19.2 Å². The van der Waals surface area contributed by atoms with Crippen LogP contribution in [-0.4, -0.2) is 49.1 Å². The van der Waals surface area contributed by atoms with Crippen LogP contribution >= 0.6 is 11.3 Å². The Morgan fingerprint density at radius 1 is 1.10 bits per heavy atom. The number of ether oxygens (including phenoxy) is 1. The van der Waals surface area contributed by atoms with E-state index in [-0.39, 0.29) is 5.91 Å². The molecule has 0 saturated heterocycles. The molecule has 3 rings (SSSR count). The highest BCUT2D eigenvalue weighted by atomic mass is 32.1. The van der Waals surface area contributed by atoms with Crippen LogP contribution in [0.15, 0.2) is 48.5 Å². The summed E-state index contributed by atoms with van der Waals surface area (Å²) in [5.41, 5.74) is 2.94. The lowest BCUT2D eigenvalue weighted by molar-refractivity contribution is -0.114. The minimum Gasteiger partial charge on any atom is -0.494 e. The molecule has 0 bridgehead atoms. The minimum absolute atomic E-state index is 0.0679. The number of hydrogen-bond acceptors (Lipinski definition) is 5. The third-order valence-electron chi connectivity index (χ3n) is 5.16. The Hall–Kier alpha value is -2.70. The Balaban J connectivity index is 1.94. The number of hydrogen-bond donors (Lipinski definition) is 0. The summed E-state index contributed by atoms with van der Waals surface area (Å²) in [6.45, 7) is 9.61. The van der Waals surface area contributed by atoms with Crippen LogP contribution in [0.4, 0.5) is 5.13 Å². The van der Waals surface area contributed by atoms with Gasteiger partial charge in [0.2, 0.25) is 0 Å². The first-order valence-corrected chi connectivity index (χ1v) is 11.1. The average molecular weight is 424 g/mol. The van der Waals surface area contributed by atoms with Gasteiger partial charge in [-0.3, -0.25) is 9.69 Å². The van der Waals surface area contributed by atoms with Crippen LogP contribution < -0.4 is 9.64 Å². The molecule has 1 heterocycles. The highest BCUT2D eigenvalue weighted by molar-refractivity contribution is 7.22. The van der Waals surface area contributed by atoms with Crippen LogP contribution in [0.1, 0.15) is 25.0 Å². The van der Waals surface area contributed by atoms with Crippen molar-refractivity contribution in [1.29, 1.82) is 0 Å². The number of fused-ring (bicyclic) bond motifs is 1. The maximum Gasteiger partial charge on any atom is 0.252 e. The van der Waals surface area contributed by atoms with E-state index in [1.165, 1.54) is 11.3 Å². The number of methoxy groups -OCH3 is 1. The van der Waals surface area contributed by atoms with Crippen molar-refractivity contribution >= 4 is 38.7 Å². The van der Waals surface area contributed by atoms with Gasteiger partial charge in [-0.15, -0.1) is 0 Å². The molecule has 0 unspecified atom stereocenters. The van der Waals surface area contributed by atoms with E-state index < -0.39 is 0 Å². The molecular formula is C24H29N3O2S. The maximum absolute atomic E-state index is 13.2. The fourth-order valence-electron chi connectivity index (χ4n) is 3.28. The Labute approximate surface area is 182 Å². The number of aryl methyl sites for hydroxylation is 1. The minimum atomic E-state index is -0.0679. The van der Waals surface area contributed by atoms with Crippen LogP contribution in [-0.2, 0) is 4.79 Å².